The van der Waals surface area contributed by atoms with Crippen molar-refractivity contribution >= 4 is 56.5 Å². The topological polar surface area (TPSA) is 171 Å². The van der Waals surface area contributed by atoms with Crippen molar-refractivity contribution in [1.29, 1.82) is 0 Å². The Balaban J connectivity index is 1.18. The molecule has 0 radical (unpaired) electrons. The lowest BCUT2D eigenvalue weighted by Gasteiger charge is -2.27. The van der Waals surface area contributed by atoms with Crippen LogP contribution in [0, 0.1) is 0 Å². The first-order chi connectivity index (χ1) is 25.8. The molecule has 13 heteroatoms. The van der Waals surface area contributed by atoms with Crippen LogP contribution in [0.1, 0.15) is 94.6 Å². The van der Waals surface area contributed by atoms with Gasteiger partial charge in [0, 0.05) is 39.7 Å². The largest absolute Gasteiger partial charge is 0.478 e. The average molecular weight is 766 g/mol. The summed E-state index contributed by atoms with van der Waals surface area (Å²) in [7, 11) is -4.21. The molecular formula is C41H39N3O8S2. The predicted octanol–water partition coefficient (Wildman–Crippen LogP) is 7.48. The number of carbonyl (C=O) groups is 4. The van der Waals surface area contributed by atoms with E-state index in [0.29, 0.717) is 16.1 Å². The Morgan fingerprint density at radius 1 is 0.815 bits per heavy atom. The number of thiophene rings is 1. The molecule has 2 heterocycles. The van der Waals surface area contributed by atoms with E-state index >= 15 is 0 Å². The molecule has 0 saturated heterocycles. The minimum absolute atomic E-state index is 0.0472. The van der Waals surface area contributed by atoms with Gasteiger partial charge in [-0.2, -0.15) is 0 Å². The molecule has 1 aliphatic rings. The molecular weight excluding hydrogens is 727 g/mol. The molecule has 5 aromatic rings. The van der Waals surface area contributed by atoms with E-state index in [-0.39, 0.29) is 45.5 Å². The average Bonchev–Trinajstić information content (AvgIpc) is 3.52. The molecule has 0 saturated carbocycles. The third-order valence-electron chi connectivity index (χ3n) is 9.31. The maximum Gasteiger partial charge on any atom is 0.337 e. The van der Waals surface area contributed by atoms with Gasteiger partial charge in [0.15, 0.2) is 5.78 Å². The van der Waals surface area contributed by atoms with Gasteiger partial charge in [0.1, 0.15) is 5.82 Å². The number of aromatic nitrogens is 1. The quantitative estimate of drug-likeness (QED) is 0.0970. The summed E-state index contributed by atoms with van der Waals surface area (Å²) in [5.41, 5.74) is 4.50. The third-order valence-corrected chi connectivity index (χ3v) is 12.6. The summed E-state index contributed by atoms with van der Waals surface area (Å²) in [5.74, 6) is -2.73. The molecule has 0 aliphatic heterocycles. The zero-order valence-corrected chi connectivity index (χ0v) is 31.4. The Labute approximate surface area is 317 Å². The highest BCUT2D eigenvalue weighted by Gasteiger charge is 2.31. The van der Waals surface area contributed by atoms with Gasteiger partial charge in [-0.3, -0.25) is 9.59 Å². The van der Waals surface area contributed by atoms with Crippen LogP contribution in [0.5, 0.6) is 0 Å². The second-order valence-corrected chi connectivity index (χ2v) is 16.4. The number of rotatable bonds is 14. The normalized spacial score (nSPS) is 12.6. The van der Waals surface area contributed by atoms with E-state index in [0.717, 1.165) is 70.6 Å². The zero-order chi connectivity index (χ0) is 38.6. The number of pyridine rings is 1. The number of benzene rings is 3. The van der Waals surface area contributed by atoms with Gasteiger partial charge in [-0.1, -0.05) is 36.4 Å². The summed E-state index contributed by atoms with van der Waals surface area (Å²) >= 11 is 1.46. The zero-order valence-electron chi connectivity index (χ0n) is 29.7. The number of amides is 1. The number of carboxylic acids is 2. The van der Waals surface area contributed by atoms with E-state index in [1.165, 1.54) is 41.7 Å². The van der Waals surface area contributed by atoms with Crippen LogP contribution in [0.25, 0.3) is 0 Å². The number of nitrogens with zero attached hydrogens (tertiary/aromatic N) is 2. The van der Waals surface area contributed by atoms with Gasteiger partial charge in [0.2, 0.25) is 0 Å². The molecule has 0 fully saturated rings. The van der Waals surface area contributed by atoms with Crippen molar-refractivity contribution in [1.82, 2.24) is 4.98 Å². The van der Waals surface area contributed by atoms with Crippen LogP contribution < -0.4 is 9.62 Å². The highest BCUT2D eigenvalue weighted by molar-refractivity contribution is 7.92. The summed E-state index contributed by atoms with van der Waals surface area (Å²) in [6.07, 6.45) is 5.97. The number of aryl methyl sites for hydroxylation is 3. The van der Waals surface area contributed by atoms with Crippen molar-refractivity contribution in [3.63, 3.8) is 0 Å². The van der Waals surface area contributed by atoms with Crippen LogP contribution in [0.2, 0.25) is 0 Å². The van der Waals surface area contributed by atoms with Crippen molar-refractivity contribution in [3.05, 3.63) is 140 Å². The molecule has 2 aromatic heterocycles. The van der Waals surface area contributed by atoms with E-state index in [9.17, 15) is 32.7 Å². The fraction of sp³-hybridized carbons (Fsp3) is 0.244. The number of hydrogen-bond donors (Lipinski definition) is 3. The molecule has 0 unspecified atom stereocenters. The molecule has 54 heavy (non-hydrogen) atoms. The van der Waals surface area contributed by atoms with Crippen LogP contribution in [0.15, 0.2) is 96.0 Å². The Bertz CT molecular complexity index is 2320. The van der Waals surface area contributed by atoms with E-state index in [1.54, 1.807) is 32.0 Å². The molecule has 0 atom stereocenters. The molecule has 3 aromatic carbocycles. The SMILES string of the molecule is CC(C)N(c1ccc(C(=O)O)cn1)S(=O)(=O)c1cccc(C(=O)Cc2sc3c(c2C(=O)Nc2ccc(CCc4ccc(C(=O)O)cc4)cc2)CCCC3)c1. The number of Topliss-reactive ketones (excluding diaryl/α,β-unsaturated/α-hetero) is 1. The Kier molecular flexibility index (Phi) is 11.4. The van der Waals surface area contributed by atoms with Gasteiger partial charge in [0.25, 0.3) is 15.9 Å². The number of ketones is 1. The van der Waals surface area contributed by atoms with Crippen molar-refractivity contribution < 1.29 is 37.8 Å². The number of hydrogen-bond acceptors (Lipinski definition) is 8. The molecule has 0 bridgehead atoms. The van der Waals surface area contributed by atoms with Crippen LogP contribution in [-0.2, 0) is 42.1 Å². The number of carboxylic acid groups (broad SMARTS) is 2. The molecule has 1 amide bonds. The predicted molar refractivity (Wildman–Crippen MR) is 207 cm³/mol. The fourth-order valence-electron chi connectivity index (χ4n) is 6.56. The van der Waals surface area contributed by atoms with Gasteiger partial charge in [-0.25, -0.2) is 27.3 Å². The summed E-state index contributed by atoms with van der Waals surface area (Å²) in [4.78, 5) is 55.9. The summed E-state index contributed by atoms with van der Waals surface area (Å²) in [5, 5.41) is 21.4. The molecule has 278 valence electrons. The van der Waals surface area contributed by atoms with Crippen molar-refractivity contribution in [3.8, 4) is 0 Å². The lowest BCUT2D eigenvalue weighted by molar-refractivity contribution is 0.0686. The molecule has 0 spiro atoms. The smallest absolute Gasteiger partial charge is 0.337 e. The number of anilines is 2. The number of carbonyl (C=O) groups excluding carboxylic acids is 2. The maximum atomic E-state index is 13.9. The van der Waals surface area contributed by atoms with Crippen LogP contribution >= 0.6 is 11.3 Å². The Hall–Kier alpha value is -5.66. The second kappa shape index (κ2) is 16.1. The highest BCUT2D eigenvalue weighted by atomic mass is 32.2. The summed E-state index contributed by atoms with van der Waals surface area (Å²) in [6.45, 7) is 3.34. The maximum absolute atomic E-state index is 13.9. The standard InChI is InChI=1S/C41H39N3O8S2/c1-25(2)44(37-21-18-30(24-42-37)41(49)50)54(51,52)32-7-5-6-29(22-32)34(45)23-36-38(33-8-3-4-9-35(33)53-36)39(46)43-31-19-14-27(15-20-31)11-10-26-12-16-28(17-13-26)40(47)48/h5-7,12-22,24-25H,3-4,8-11,23H2,1-2H3,(H,43,46)(H,47,48)(H,49,50). The number of nitrogens with one attached hydrogen (secondary N) is 1. The fourth-order valence-corrected chi connectivity index (χ4v) is 9.62. The molecule has 3 N–H and O–H groups in total. The Morgan fingerprint density at radius 2 is 1.44 bits per heavy atom. The van der Waals surface area contributed by atoms with Crippen molar-refractivity contribution in [2.45, 2.75) is 69.7 Å². The second-order valence-electron chi connectivity index (χ2n) is 13.4. The molecule has 1 aliphatic carbocycles. The van der Waals surface area contributed by atoms with Gasteiger partial charge >= 0.3 is 11.9 Å². The van der Waals surface area contributed by atoms with Gasteiger partial charge in [-0.05, 0) is 118 Å². The minimum atomic E-state index is -4.21. The van der Waals surface area contributed by atoms with E-state index in [1.807, 2.05) is 36.4 Å². The van der Waals surface area contributed by atoms with Crippen LogP contribution in [0.3, 0.4) is 0 Å². The number of fused-ring (bicyclic) bond motifs is 1. The number of sulfonamides is 1. The first-order valence-corrected chi connectivity index (χ1v) is 19.8. The van der Waals surface area contributed by atoms with E-state index < -0.39 is 28.0 Å². The van der Waals surface area contributed by atoms with E-state index in [2.05, 4.69) is 10.3 Å². The Morgan fingerprint density at radius 3 is 2.06 bits per heavy atom. The molecule has 11 nitrogen and oxygen atoms in total. The van der Waals surface area contributed by atoms with Crippen molar-refractivity contribution in [2.75, 3.05) is 9.62 Å². The number of aromatic carboxylic acids is 2. The van der Waals surface area contributed by atoms with Crippen LogP contribution in [0.4, 0.5) is 11.5 Å². The van der Waals surface area contributed by atoms with Crippen molar-refractivity contribution in [2.24, 2.45) is 0 Å². The first kappa shape index (κ1) is 38.1. The minimum Gasteiger partial charge on any atom is -0.478 e. The third kappa shape index (κ3) is 8.42. The monoisotopic (exact) mass is 765 g/mol. The lowest BCUT2D eigenvalue weighted by atomic mass is 9.93. The van der Waals surface area contributed by atoms with E-state index in [4.69, 9.17) is 5.11 Å². The highest BCUT2D eigenvalue weighted by Crippen LogP contribution is 2.36. The van der Waals surface area contributed by atoms with Crippen LogP contribution in [-0.4, -0.2) is 53.3 Å². The van der Waals surface area contributed by atoms with Gasteiger partial charge in [0.05, 0.1) is 21.6 Å². The summed E-state index contributed by atoms with van der Waals surface area (Å²) < 4.78 is 28.9. The summed E-state index contributed by atoms with van der Waals surface area (Å²) in [6, 6.07) is 22.2. The first-order valence-electron chi connectivity index (χ1n) is 17.5. The van der Waals surface area contributed by atoms with Gasteiger partial charge in [-0.15, -0.1) is 11.3 Å². The molecule has 6 rings (SSSR count). The lowest BCUT2D eigenvalue weighted by Crippen LogP contribution is -2.37. The van der Waals surface area contributed by atoms with Gasteiger partial charge < -0.3 is 15.5 Å².